The average molecular weight is 490 g/mol. The minimum atomic E-state index is -5.85. The summed E-state index contributed by atoms with van der Waals surface area (Å²) in [5.74, 6) is -0.912. The van der Waals surface area contributed by atoms with E-state index in [1.165, 1.54) is 6.07 Å². The molecule has 1 heterocycles. The average Bonchev–Trinajstić information content (AvgIpc) is 2.80. The van der Waals surface area contributed by atoms with Crippen molar-refractivity contribution in [3.8, 4) is 5.75 Å². The number of hydrogen-bond acceptors (Lipinski definition) is 5. The standard InChI is InChI=1S/C24H19F3NO5S/c25-24(26,27)34(30,31)33-22-12-6-11-21-19(22)15-18-9-4-5-10-20(18)28(21)14-13-23(29)32-16-17-7-2-1-3-8-17/h1-12,15H,13-14,16H2/q+1. The molecule has 0 unspecified atom stereocenters. The number of pyridine rings is 1. The fraction of sp³-hybridized carbons (Fsp3) is 0.167. The van der Waals surface area contributed by atoms with E-state index in [1.807, 2.05) is 30.3 Å². The van der Waals surface area contributed by atoms with Crippen molar-refractivity contribution in [3.05, 3.63) is 84.4 Å². The van der Waals surface area contributed by atoms with Crippen molar-refractivity contribution in [2.75, 3.05) is 0 Å². The van der Waals surface area contributed by atoms with E-state index in [4.69, 9.17) is 4.74 Å². The first-order valence-electron chi connectivity index (χ1n) is 10.2. The van der Waals surface area contributed by atoms with Crippen LogP contribution in [-0.2, 0) is 32.8 Å². The highest BCUT2D eigenvalue weighted by molar-refractivity contribution is 7.88. The number of ether oxygens (including phenoxy) is 1. The van der Waals surface area contributed by atoms with Gasteiger partial charge in [-0.25, -0.2) is 0 Å². The number of fused-ring (bicyclic) bond motifs is 2. The van der Waals surface area contributed by atoms with E-state index in [1.54, 1.807) is 41.0 Å². The van der Waals surface area contributed by atoms with Gasteiger partial charge in [-0.15, -0.1) is 0 Å². The number of hydrogen-bond donors (Lipinski definition) is 0. The minimum Gasteiger partial charge on any atom is -0.461 e. The Kier molecular flexibility index (Phi) is 6.43. The molecule has 0 fully saturated rings. The SMILES string of the molecule is O=C(CC[n+]1c2ccccc2cc2c(OS(=O)(=O)C(F)(F)F)cccc21)OCc1ccccc1. The number of carbonyl (C=O) groups is 1. The molecule has 0 aliphatic carbocycles. The van der Waals surface area contributed by atoms with E-state index < -0.39 is 27.3 Å². The third-order valence-electron chi connectivity index (χ3n) is 5.13. The number of alkyl halides is 3. The first kappa shape index (κ1) is 23.5. The molecule has 4 rings (SSSR count). The zero-order valence-electron chi connectivity index (χ0n) is 17.7. The molecule has 0 saturated carbocycles. The number of para-hydroxylation sites is 1. The number of halogens is 3. The van der Waals surface area contributed by atoms with Crippen LogP contribution in [0.15, 0.2) is 78.9 Å². The topological polar surface area (TPSA) is 73.5 Å². The quantitative estimate of drug-likeness (QED) is 0.124. The lowest BCUT2D eigenvalue weighted by molar-refractivity contribution is -0.644. The Morgan fingerprint density at radius 1 is 0.882 bits per heavy atom. The van der Waals surface area contributed by atoms with E-state index in [9.17, 15) is 26.4 Å². The van der Waals surface area contributed by atoms with Gasteiger partial charge >= 0.3 is 21.6 Å². The second kappa shape index (κ2) is 9.30. The van der Waals surface area contributed by atoms with Crippen molar-refractivity contribution >= 4 is 37.9 Å². The summed E-state index contributed by atoms with van der Waals surface area (Å²) in [4.78, 5) is 12.4. The Hall–Kier alpha value is -3.66. The Balaban J connectivity index is 1.67. The summed E-state index contributed by atoms with van der Waals surface area (Å²) in [6.07, 6.45) is -0.00740. The molecule has 0 atom stereocenters. The maximum absolute atomic E-state index is 12.9. The molecule has 0 aliphatic rings. The zero-order valence-corrected chi connectivity index (χ0v) is 18.5. The molecule has 0 bridgehead atoms. The normalized spacial score (nSPS) is 12.1. The number of aryl methyl sites for hydroxylation is 1. The molecular weight excluding hydrogens is 471 g/mol. The largest absolute Gasteiger partial charge is 0.534 e. The summed E-state index contributed by atoms with van der Waals surface area (Å²) in [7, 11) is -5.85. The van der Waals surface area contributed by atoms with Crippen LogP contribution in [0.25, 0.3) is 21.8 Å². The summed E-state index contributed by atoms with van der Waals surface area (Å²) >= 11 is 0. The van der Waals surface area contributed by atoms with Gasteiger partial charge in [-0.05, 0) is 23.8 Å². The molecule has 176 valence electrons. The molecule has 10 heteroatoms. The van der Waals surface area contributed by atoms with E-state index in [0.717, 1.165) is 11.6 Å². The molecule has 4 aromatic rings. The number of nitrogens with zero attached hydrogens (tertiary/aromatic N) is 1. The summed E-state index contributed by atoms with van der Waals surface area (Å²) in [5.41, 5.74) is -3.61. The second-order valence-corrected chi connectivity index (χ2v) is 8.96. The van der Waals surface area contributed by atoms with Crippen LogP contribution in [0.2, 0.25) is 0 Å². The first-order valence-corrected chi connectivity index (χ1v) is 11.6. The number of carbonyl (C=O) groups excluding carboxylic acids is 1. The van der Waals surface area contributed by atoms with Crippen molar-refractivity contribution < 1.29 is 39.9 Å². The minimum absolute atomic E-state index is 0.00740. The summed E-state index contributed by atoms with van der Waals surface area (Å²) in [6.45, 7) is 0.273. The number of aromatic nitrogens is 1. The van der Waals surface area contributed by atoms with Gasteiger partial charge in [-0.3, -0.25) is 4.79 Å². The highest BCUT2D eigenvalue weighted by Crippen LogP contribution is 2.32. The number of esters is 1. The highest BCUT2D eigenvalue weighted by atomic mass is 32.2. The fourth-order valence-electron chi connectivity index (χ4n) is 3.55. The summed E-state index contributed by atoms with van der Waals surface area (Å²) in [5, 5.41) is 0.791. The fourth-order valence-corrected chi connectivity index (χ4v) is 4.02. The summed E-state index contributed by atoms with van der Waals surface area (Å²) in [6, 6.07) is 21.9. The van der Waals surface area contributed by atoms with Crippen LogP contribution in [0.3, 0.4) is 0 Å². The van der Waals surface area contributed by atoms with E-state index in [0.29, 0.717) is 16.4 Å². The van der Waals surface area contributed by atoms with Crippen molar-refractivity contribution in [1.82, 2.24) is 0 Å². The third kappa shape index (κ3) is 4.96. The van der Waals surface area contributed by atoms with Crippen molar-refractivity contribution in [2.24, 2.45) is 0 Å². The maximum atomic E-state index is 12.9. The lowest BCUT2D eigenvalue weighted by atomic mass is 10.1. The molecule has 3 aromatic carbocycles. The van der Waals surface area contributed by atoms with Gasteiger partial charge in [0.2, 0.25) is 11.0 Å². The Morgan fingerprint density at radius 3 is 2.29 bits per heavy atom. The van der Waals surface area contributed by atoms with Gasteiger partial charge in [0.25, 0.3) is 0 Å². The van der Waals surface area contributed by atoms with Gasteiger partial charge in [0.1, 0.15) is 13.0 Å². The molecule has 0 saturated heterocycles. The number of rotatable bonds is 7. The van der Waals surface area contributed by atoms with E-state index >= 15 is 0 Å². The van der Waals surface area contributed by atoms with Gasteiger partial charge in [-0.1, -0.05) is 48.5 Å². The van der Waals surface area contributed by atoms with Gasteiger partial charge in [0, 0.05) is 17.5 Å². The van der Waals surface area contributed by atoms with Gasteiger partial charge < -0.3 is 8.92 Å². The van der Waals surface area contributed by atoms with Crippen LogP contribution in [0.5, 0.6) is 5.75 Å². The summed E-state index contributed by atoms with van der Waals surface area (Å²) < 4.78 is 73.3. The Bertz CT molecular complexity index is 1450. The molecule has 0 spiro atoms. The molecular formula is C24H19F3NO5S+. The van der Waals surface area contributed by atoms with Gasteiger partial charge in [0.05, 0.1) is 5.39 Å². The molecule has 1 aromatic heterocycles. The smallest absolute Gasteiger partial charge is 0.461 e. The Morgan fingerprint density at radius 2 is 1.56 bits per heavy atom. The monoisotopic (exact) mass is 490 g/mol. The molecule has 0 amide bonds. The molecule has 0 radical (unpaired) electrons. The van der Waals surface area contributed by atoms with Crippen LogP contribution >= 0.6 is 0 Å². The van der Waals surface area contributed by atoms with E-state index in [-0.39, 0.29) is 25.0 Å². The van der Waals surface area contributed by atoms with Crippen molar-refractivity contribution in [2.45, 2.75) is 25.1 Å². The first-order chi connectivity index (χ1) is 16.2. The number of benzene rings is 3. The predicted molar refractivity (Wildman–Crippen MR) is 118 cm³/mol. The predicted octanol–water partition coefficient (Wildman–Crippen LogP) is 4.64. The molecule has 34 heavy (non-hydrogen) atoms. The van der Waals surface area contributed by atoms with Gasteiger partial charge in [0.15, 0.2) is 12.3 Å². The highest BCUT2D eigenvalue weighted by Gasteiger charge is 2.48. The van der Waals surface area contributed by atoms with Crippen molar-refractivity contribution in [1.29, 1.82) is 0 Å². The van der Waals surface area contributed by atoms with Crippen LogP contribution in [-0.4, -0.2) is 19.9 Å². The van der Waals surface area contributed by atoms with E-state index in [2.05, 4.69) is 4.18 Å². The maximum Gasteiger partial charge on any atom is 0.534 e. The molecule has 6 nitrogen and oxygen atoms in total. The van der Waals surface area contributed by atoms with Crippen LogP contribution in [0.1, 0.15) is 12.0 Å². The second-order valence-electron chi connectivity index (χ2n) is 7.42. The van der Waals surface area contributed by atoms with Crippen molar-refractivity contribution in [3.63, 3.8) is 0 Å². The van der Waals surface area contributed by atoms with Crippen LogP contribution in [0.4, 0.5) is 13.2 Å². The third-order valence-corrected chi connectivity index (χ3v) is 6.09. The lowest BCUT2D eigenvalue weighted by Gasteiger charge is -2.12. The molecule has 0 N–H and O–H groups in total. The van der Waals surface area contributed by atoms with Crippen LogP contribution in [0, 0.1) is 0 Å². The Labute approximate surface area is 193 Å². The van der Waals surface area contributed by atoms with Gasteiger partial charge in [-0.2, -0.15) is 26.2 Å². The zero-order chi connectivity index (χ0) is 24.3. The molecule has 0 aliphatic heterocycles. The van der Waals surface area contributed by atoms with Crippen LogP contribution < -0.4 is 8.75 Å². The lowest BCUT2D eigenvalue weighted by Crippen LogP contribution is -2.37.